The van der Waals surface area contributed by atoms with Gasteiger partial charge in [-0.05, 0) is 36.9 Å². The van der Waals surface area contributed by atoms with Gasteiger partial charge in [-0.1, -0.05) is 32.0 Å². The third-order valence-corrected chi connectivity index (χ3v) is 3.48. The van der Waals surface area contributed by atoms with E-state index in [-0.39, 0.29) is 0 Å². The van der Waals surface area contributed by atoms with E-state index in [0.717, 1.165) is 44.9 Å². The smallest absolute Gasteiger partial charge is 0.414 e. The lowest BCUT2D eigenvalue weighted by molar-refractivity contribution is -0.159. The van der Waals surface area contributed by atoms with Gasteiger partial charge in [0.2, 0.25) is 0 Å². The van der Waals surface area contributed by atoms with Crippen LogP contribution in [0.15, 0.2) is 24.3 Å². The molecule has 0 aliphatic heterocycles. The molecule has 0 saturated carbocycles. The molecule has 142 valence electrons. The molecule has 0 amide bonds. The van der Waals surface area contributed by atoms with Crippen LogP contribution in [0.4, 0.5) is 0 Å². The first-order chi connectivity index (χ1) is 11.9. The van der Waals surface area contributed by atoms with Crippen molar-refractivity contribution in [1.82, 2.24) is 5.32 Å². The Morgan fingerprint density at radius 1 is 1.12 bits per heavy atom. The quantitative estimate of drug-likeness (QED) is 0.437. The number of aliphatic carboxylic acids is 2. The molecular formula is C18H29NO6. The molecule has 0 aliphatic rings. The molecule has 1 atom stereocenters. The fourth-order valence-electron chi connectivity index (χ4n) is 1.92. The fraction of sp³-hybridized carbons (Fsp3) is 0.556. The molecule has 7 nitrogen and oxygen atoms in total. The number of carbonyl (C=O) groups is 2. The van der Waals surface area contributed by atoms with Crippen LogP contribution in [-0.4, -0.2) is 55.6 Å². The number of carboxylic acids is 2. The second-order valence-electron chi connectivity index (χ2n) is 5.40. The highest BCUT2D eigenvalue weighted by Gasteiger charge is 2.08. The van der Waals surface area contributed by atoms with Gasteiger partial charge in [0.05, 0.1) is 13.2 Å². The Labute approximate surface area is 149 Å². The van der Waals surface area contributed by atoms with Gasteiger partial charge >= 0.3 is 11.9 Å². The summed E-state index contributed by atoms with van der Waals surface area (Å²) in [5.74, 6) is -2.06. The second-order valence-corrected chi connectivity index (χ2v) is 5.40. The third-order valence-electron chi connectivity index (χ3n) is 3.48. The molecule has 1 aromatic carbocycles. The molecule has 0 spiro atoms. The van der Waals surface area contributed by atoms with Crippen molar-refractivity contribution in [2.45, 2.75) is 32.6 Å². The average Bonchev–Trinajstić information content (AvgIpc) is 2.61. The molecule has 0 aromatic heterocycles. The number of hydrogen-bond acceptors (Lipinski definition) is 5. The Morgan fingerprint density at radius 2 is 1.76 bits per heavy atom. The number of rotatable bonds is 10. The summed E-state index contributed by atoms with van der Waals surface area (Å²) in [6.07, 6.45) is 2.15. The van der Waals surface area contributed by atoms with E-state index in [2.05, 4.69) is 37.4 Å². The van der Waals surface area contributed by atoms with Crippen LogP contribution in [0.5, 0.6) is 5.75 Å². The Balaban J connectivity index is 0.000000823. The molecule has 0 bridgehead atoms. The van der Waals surface area contributed by atoms with E-state index in [0.29, 0.717) is 5.92 Å². The van der Waals surface area contributed by atoms with Gasteiger partial charge in [-0.25, -0.2) is 9.59 Å². The molecular weight excluding hydrogens is 326 g/mol. The lowest BCUT2D eigenvalue weighted by atomic mass is 9.98. The highest BCUT2D eigenvalue weighted by atomic mass is 16.5. The van der Waals surface area contributed by atoms with Gasteiger partial charge in [0.25, 0.3) is 0 Å². The van der Waals surface area contributed by atoms with Crippen molar-refractivity contribution in [2.75, 3.05) is 33.4 Å². The SMILES string of the molecule is CCC(C)c1ccccc1OCCCNCCOC.O=C(O)C(=O)O. The van der Waals surface area contributed by atoms with Crippen molar-refractivity contribution >= 4 is 11.9 Å². The van der Waals surface area contributed by atoms with Gasteiger partial charge in [-0.15, -0.1) is 0 Å². The number of benzene rings is 1. The van der Waals surface area contributed by atoms with Gasteiger partial charge in [-0.3, -0.25) is 0 Å². The topological polar surface area (TPSA) is 105 Å². The lowest BCUT2D eigenvalue weighted by Crippen LogP contribution is -2.21. The molecule has 1 unspecified atom stereocenters. The maximum absolute atomic E-state index is 9.10. The maximum Gasteiger partial charge on any atom is 0.414 e. The number of ether oxygens (including phenoxy) is 2. The predicted octanol–water partition coefficient (Wildman–Crippen LogP) is 2.36. The number of nitrogens with one attached hydrogen (secondary N) is 1. The zero-order valence-electron chi connectivity index (χ0n) is 15.2. The summed E-state index contributed by atoms with van der Waals surface area (Å²) in [6, 6.07) is 8.36. The summed E-state index contributed by atoms with van der Waals surface area (Å²) >= 11 is 0. The van der Waals surface area contributed by atoms with Crippen LogP contribution in [0.1, 0.15) is 38.2 Å². The molecule has 1 aromatic rings. The van der Waals surface area contributed by atoms with Gasteiger partial charge in [0.15, 0.2) is 0 Å². The van der Waals surface area contributed by atoms with E-state index >= 15 is 0 Å². The largest absolute Gasteiger partial charge is 0.493 e. The molecule has 0 aliphatic carbocycles. The van der Waals surface area contributed by atoms with Gasteiger partial charge in [0, 0.05) is 13.7 Å². The second kappa shape index (κ2) is 14.2. The Kier molecular flexibility index (Phi) is 13.0. The van der Waals surface area contributed by atoms with E-state index < -0.39 is 11.9 Å². The summed E-state index contributed by atoms with van der Waals surface area (Å²) in [4.78, 5) is 18.2. The number of hydrogen-bond donors (Lipinski definition) is 3. The van der Waals surface area contributed by atoms with Crippen LogP contribution in [-0.2, 0) is 14.3 Å². The van der Waals surface area contributed by atoms with Gasteiger partial charge in [-0.2, -0.15) is 0 Å². The van der Waals surface area contributed by atoms with Crippen molar-refractivity contribution in [3.8, 4) is 5.75 Å². The first-order valence-corrected chi connectivity index (χ1v) is 8.31. The van der Waals surface area contributed by atoms with E-state index in [1.807, 2.05) is 6.07 Å². The Bertz CT molecular complexity index is 494. The molecule has 0 radical (unpaired) electrons. The molecule has 0 fully saturated rings. The summed E-state index contributed by atoms with van der Waals surface area (Å²) < 4.78 is 10.9. The van der Waals surface area contributed by atoms with Crippen molar-refractivity contribution in [1.29, 1.82) is 0 Å². The van der Waals surface area contributed by atoms with Crippen LogP contribution >= 0.6 is 0 Å². The molecule has 0 heterocycles. The monoisotopic (exact) mass is 355 g/mol. The summed E-state index contributed by atoms with van der Waals surface area (Å²) in [7, 11) is 1.72. The minimum absolute atomic E-state index is 0.552. The minimum atomic E-state index is -1.82. The summed E-state index contributed by atoms with van der Waals surface area (Å²) in [5, 5.41) is 18.1. The molecule has 7 heteroatoms. The highest BCUT2D eigenvalue weighted by molar-refractivity contribution is 6.27. The van der Waals surface area contributed by atoms with Gasteiger partial charge < -0.3 is 25.0 Å². The molecule has 1 rings (SSSR count). The number of methoxy groups -OCH3 is 1. The van der Waals surface area contributed by atoms with Crippen LogP contribution in [0.2, 0.25) is 0 Å². The standard InChI is InChI=1S/C16H27NO2.C2H2O4/c1-4-14(2)15-8-5-6-9-16(15)19-12-7-10-17-11-13-18-3;3-1(4)2(5)6/h5-6,8-9,14,17H,4,7,10-13H2,1-3H3;(H,3,4)(H,5,6). The summed E-state index contributed by atoms with van der Waals surface area (Å²) in [5.41, 5.74) is 1.32. The van der Waals surface area contributed by atoms with Crippen molar-refractivity contribution in [2.24, 2.45) is 0 Å². The Morgan fingerprint density at radius 3 is 2.32 bits per heavy atom. The molecule has 3 N–H and O–H groups in total. The van der Waals surface area contributed by atoms with Crippen LogP contribution < -0.4 is 10.1 Å². The zero-order chi connectivity index (χ0) is 19.1. The first kappa shape index (κ1) is 22.9. The van der Waals surface area contributed by atoms with E-state index in [4.69, 9.17) is 29.3 Å². The van der Waals surface area contributed by atoms with Crippen LogP contribution in [0, 0.1) is 0 Å². The van der Waals surface area contributed by atoms with Crippen LogP contribution in [0.3, 0.4) is 0 Å². The van der Waals surface area contributed by atoms with Crippen molar-refractivity contribution in [3.63, 3.8) is 0 Å². The van der Waals surface area contributed by atoms with E-state index in [1.165, 1.54) is 5.56 Å². The van der Waals surface area contributed by atoms with Crippen molar-refractivity contribution in [3.05, 3.63) is 29.8 Å². The lowest BCUT2D eigenvalue weighted by Gasteiger charge is -2.15. The average molecular weight is 355 g/mol. The van der Waals surface area contributed by atoms with E-state index in [1.54, 1.807) is 7.11 Å². The van der Waals surface area contributed by atoms with E-state index in [9.17, 15) is 0 Å². The fourth-order valence-corrected chi connectivity index (χ4v) is 1.92. The van der Waals surface area contributed by atoms with Crippen molar-refractivity contribution < 1.29 is 29.3 Å². The highest BCUT2D eigenvalue weighted by Crippen LogP contribution is 2.28. The molecule has 0 saturated heterocycles. The maximum atomic E-state index is 9.10. The normalized spacial score (nSPS) is 11.2. The first-order valence-electron chi connectivity index (χ1n) is 8.31. The third kappa shape index (κ3) is 11.1. The number of carboxylic acid groups (broad SMARTS) is 2. The summed E-state index contributed by atoms with van der Waals surface area (Å²) in [6.45, 7) is 7.84. The zero-order valence-corrected chi connectivity index (χ0v) is 15.2. The predicted molar refractivity (Wildman–Crippen MR) is 95.3 cm³/mol. The minimum Gasteiger partial charge on any atom is -0.493 e. The Hall–Kier alpha value is -2.12. The number of para-hydroxylation sites is 1. The van der Waals surface area contributed by atoms with Crippen LogP contribution in [0.25, 0.3) is 0 Å². The van der Waals surface area contributed by atoms with Gasteiger partial charge in [0.1, 0.15) is 5.75 Å². The molecule has 25 heavy (non-hydrogen) atoms.